The topological polar surface area (TPSA) is 26.3 Å². The van der Waals surface area contributed by atoms with Crippen LogP contribution in [-0.4, -0.2) is 5.78 Å². The second-order valence-electron chi connectivity index (χ2n) is 3.62. The van der Waals surface area contributed by atoms with Crippen molar-refractivity contribution in [3.8, 4) is 11.5 Å². The Balaban J connectivity index is 2.26. The van der Waals surface area contributed by atoms with Crippen LogP contribution in [0, 0.1) is 3.57 Å². The molecule has 0 fully saturated rings. The largest absolute Gasteiger partial charge is 0.456 e. The number of rotatable bonds is 3. The van der Waals surface area contributed by atoms with Gasteiger partial charge in [0.05, 0.1) is 3.57 Å². The summed E-state index contributed by atoms with van der Waals surface area (Å²) in [5.74, 6) is 1.62. The third-order valence-corrected chi connectivity index (χ3v) is 3.15. The molecule has 2 aromatic rings. The number of carbonyl (C=O) groups excluding carboxylic acids is 1. The lowest BCUT2D eigenvalue weighted by atomic mass is 10.1. The fourth-order valence-electron chi connectivity index (χ4n) is 1.42. The standard InChI is InChI=1S/C14H11IO2/c1-10(16)11-7-8-14(13(15)9-11)17-12-5-3-2-4-6-12/h2-9H,1H3. The first kappa shape index (κ1) is 12.1. The van der Waals surface area contributed by atoms with Crippen LogP contribution in [-0.2, 0) is 0 Å². The van der Waals surface area contributed by atoms with Crippen LogP contribution in [0.2, 0.25) is 0 Å². The van der Waals surface area contributed by atoms with Crippen molar-refractivity contribution in [3.63, 3.8) is 0 Å². The van der Waals surface area contributed by atoms with E-state index in [9.17, 15) is 4.79 Å². The zero-order valence-electron chi connectivity index (χ0n) is 9.31. The Hall–Kier alpha value is -1.36. The number of halogens is 1. The molecule has 0 aromatic heterocycles. The molecule has 0 amide bonds. The Labute approximate surface area is 114 Å². The summed E-state index contributed by atoms with van der Waals surface area (Å²) in [7, 11) is 0. The Morgan fingerprint density at radius 3 is 2.41 bits per heavy atom. The first-order chi connectivity index (χ1) is 8.16. The summed E-state index contributed by atoms with van der Waals surface area (Å²) in [6, 6.07) is 15.0. The van der Waals surface area contributed by atoms with Gasteiger partial charge in [-0.2, -0.15) is 0 Å². The zero-order chi connectivity index (χ0) is 12.3. The molecule has 17 heavy (non-hydrogen) atoms. The molecule has 0 saturated heterocycles. The SMILES string of the molecule is CC(=O)c1ccc(Oc2ccccc2)c(I)c1. The van der Waals surface area contributed by atoms with E-state index in [2.05, 4.69) is 22.6 Å². The summed E-state index contributed by atoms with van der Waals surface area (Å²) in [5, 5.41) is 0. The van der Waals surface area contributed by atoms with Gasteiger partial charge in [-0.3, -0.25) is 4.79 Å². The number of Topliss-reactive ketones (excluding diaryl/α,β-unsaturated/α-hetero) is 1. The number of hydrogen-bond donors (Lipinski definition) is 0. The zero-order valence-corrected chi connectivity index (χ0v) is 11.5. The minimum Gasteiger partial charge on any atom is -0.456 e. The maximum atomic E-state index is 11.2. The number of benzene rings is 2. The van der Waals surface area contributed by atoms with E-state index in [1.165, 1.54) is 0 Å². The fraction of sp³-hybridized carbons (Fsp3) is 0.0714. The highest BCUT2D eigenvalue weighted by Crippen LogP contribution is 2.27. The lowest BCUT2D eigenvalue weighted by Crippen LogP contribution is -1.94. The lowest BCUT2D eigenvalue weighted by molar-refractivity contribution is 0.101. The summed E-state index contributed by atoms with van der Waals surface area (Å²) in [5.41, 5.74) is 0.704. The van der Waals surface area contributed by atoms with Crippen LogP contribution >= 0.6 is 22.6 Å². The van der Waals surface area contributed by atoms with Gasteiger partial charge in [0, 0.05) is 5.56 Å². The van der Waals surface area contributed by atoms with Gasteiger partial charge in [0.15, 0.2) is 5.78 Å². The summed E-state index contributed by atoms with van der Waals surface area (Å²) >= 11 is 2.17. The predicted molar refractivity (Wildman–Crippen MR) is 75.7 cm³/mol. The molecule has 0 atom stereocenters. The van der Waals surface area contributed by atoms with E-state index in [1.807, 2.05) is 42.5 Å². The normalized spacial score (nSPS) is 10.0. The summed E-state index contributed by atoms with van der Waals surface area (Å²) in [6.07, 6.45) is 0. The van der Waals surface area contributed by atoms with E-state index in [0.717, 1.165) is 15.1 Å². The van der Waals surface area contributed by atoms with Gasteiger partial charge >= 0.3 is 0 Å². The molecular weight excluding hydrogens is 327 g/mol. The minimum atomic E-state index is 0.0641. The molecule has 0 aliphatic rings. The van der Waals surface area contributed by atoms with Gasteiger partial charge in [0.2, 0.25) is 0 Å². The van der Waals surface area contributed by atoms with E-state index >= 15 is 0 Å². The fourth-order valence-corrected chi connectivity index (χ4v) is 2.04. The minimum absolute atomic E-state index is 0.0641. The first-order valence-electron chi connectivity index (χ1n) is 5.20. The molecule has 0 aliphatic heterocycles. The smallest absolute Gasteiger partial charge is 0.159 e. The Bertz CT molecular complexity index is 535. The Morgan fingerprint density at radius 2 is 1.82 bits per heavy atom. The van der Waals surface area contributed by atoms with Crippen LogP contribution < -0.4 is 4.74 Å². The monoisotopic (exact) mass is 338 g/mol. The molecule has 2 nitrogen and oxygen atoms in total. The molecule has 0 N–H and O–H groups in total. The molecule has 3 heteroatoms. The van der Waals surface area contributed by atoms with Crippen LogP contribution in [0.25, 0.3) is 0 Å². The van der Waals surface area contributed by atoms with Gasteiger partial charge in [-0.15, -0.1) is 0 Å². The summed E-state index contributed by atoms with van der Waals surface area (Å²) in [6.45, 7) is 1.56. The third-order valence-electron chi connectivity index (χ3n) is 2.31. The van der Waals surface area contributed by atoms with E-state index < -0.39 is 0 Å². The molecule has 0 saturated carbocycles. The van der Waals surface area contributed by atoms with Crippen molar-refractivity contribution >= 4 is 28.4 Å². The Morgan fingerprint density at radius 1 is 1.12 bits per heavy atom. The molecule has 2 rings (SSSR count). The maximum absolute atomic E-state index is 11.2. The van der Waals surface area contributed by atoms with Crippen molar-refractivity contribution in [1.29, 1.82) is 0 Å². The quantitative estimate of drug-likeness (QED) is 0.617. The molecule has 0 radical (unpaired) electrons. The van der Waals surface area contributed by atoms with E-state index in [4.69, 9.17) is 4.74 Å². The van der Waals surface area contributed by atoms with Crippen molar-refractivity contribution in [2.75, 3.05) is 0 Å². The maximum Gasteiger partial charge on any atom is 0.159 e. The summed E-state index contributed by atoms with van der Waals surface area (Å²) < 4.78 is 6.65. The van der Waals surface area contributed by atoms with Crippen LogP contribution in [0.1, 0.15) is 17.3 Å². The van der Waals surface area contributed by atoms with Crippen molar-refractivity contribution in [1.82, 2.24) is 0 Å². The molecule has 0 aliphatic carbocycles. The molecule has 0 heterocycles. The van der Waals surface area contributed by atoms with E-state index in [1.54, 1.807) is 13.0 Å². The average Bonchev–Trinajstić information content (AvgIpc) is 2.33. The third kappa shape index (κ3) is 3.06. The van der Waals surface area contributed by atoms with Gasteiger partial charge in [0.1, 0.15) is 11.5 Å². The number of carbonyl (C=O) groups is 1. The van der Waals surface area contributed by atoms with Gasteiger partial charge in [-0.05, 0) is 59.8 Å². The average molecular weight is 338 g/mol. The number of ether oxygens (including phenoxy) is 1. The van der Waals surface area contributed by atoms with Gasteiger partial charge in [-0.25, -0.2) is 0 Å². The highest BCUT2D eigenvalue weighted by atomic mass is 127. The van der Waals surface area contributed by atoms with Crippen molar-refractivity contribution in [3.05, 3.63) is 57.7 Å². The van der Waals surface area contributed by atoms with Crippen LogP contribution in [0.3, 0.4) is 0 Å². The van der Waals surface area contributed by atoms with Crippen LogP contribution in [0.4, 0.5) is 0 Å². The van der Waals surface area contributed by atoms with Gasteiger partial charge < -0.3 is 4.74 Å². The molecule has 86 valence electrons. The molecule has 0 bridgehead atoms. The van der Waals surface area contributed by atoms with Crippen molar-refractivity contribution < 1.29 is 9.53 Å². The molecule has 0 spiro atoms. The van der Waals surface area contributed by atoms with Crippen LogP contribution in [0.15, 0.2) is 48.5 Å². The molecular formula is C14H11IO2. The number of hydrogen-bond acceptors (Lipinski definition) is 2. The van der Waals surface area contributed by atoms with Gasteiger partial charge in [0.25, 0.3) is 0 Å². The van der Waals surface area contributed by atoms with Crippen molar-refractivity contribution in [2.45, 2.75) is 6.92 Å². The van der Waals surface area contributed by atoms with Crippen LogP contribution in [0.5, 0.6) is 11.5 Å². The van der Waals surface area contributed by atoms with E-state index in [-0.39, 0.29) is 5.78 Å². The highest BCUT2D eigenvalue weighted by Gasteiger charge is 2.06. The highest BCUT2D eigenvalue weighted by molar-refractivity contribution is 14.1. The second-order valence-corrected chi connectivity index (χ2v) is 4.78. The number of ketones is 1. The molecule has 0 unspecified atom stereocenters. The first-order valence-corrected chi connectivity index (χ1v) is 6.28. The lowest BCUT2D eigenvalue weighted by Gasteiger charge is -2.08. The molecule has 2 aromatic carbocycles. The number of para-hydroxylation sites is 1. The van der Waals surface area contributed by atoms with E-state index in [0.29, 0.717) is 5.56 Å². The Kier molecular flexibility index (Phi) is 3.78. The summed E-state index contributed by atoms with van der Waals surface area (Å²) in [4.78, 5) is 11.2. The predicted octanol–water partition coefficient (Wildman–Crippen LogP) is 4.29. The van der Waals surface area contributed by atoms with Crippen molar-refractivity contribution in [2.24, 2.45) is 0 Å². The second kappa shape index (κ2) is 5.31. The van der Waals surface area contributed by atoms with Gasteiger partial charge in [-0.1, -0.05) is 18.2 Å².